The molecule has 0 fully saturated rings. The number of rotatable bonds is 6. The first kappa shape index (κ1) is 18.4. The van der Waals surface area contributed by atoms with E-state index in [-0.39, 0.29) is 10.6 Å². The van der Waals surface area contributed by atoms with Gasteiger partial charge < -0.3 is 4.74 Å². The Bertz CT molecular complexity index is 923. The molecule has 0 unspecified atom stereocenters. The van der Waals surface area contributed by atoms with Crippen molar-refractivity contribution in [3.8, 4) is 5.75 Å². The van der Waals surface area contributed by atoms with Crippen molar-refractivity contribution in [1.82, 2.24) is 0 Å². The van der Waals surface area contributed by atoms with Crippen LogP contribution in [0.15, 0.2) is 52.5 Å². The maximum Gasteiger partial charge on any atom is 0.295 e. The van der Waals surface area contributed by atoms with Crippen LogP contribution in [-0.2, 0) is 10.0 Å². The molecule has 2 aromatic rings. The second-order valence-electron chi connectivity index (χ2n) is 5.02. The molecule has 0 aliphatic carbocycles. The molecule has 0 aromatic heterocycles. The van der Waals surface area contributed by atoms with E-state index >= 15 is 0 Å². The number of nitrogens with two attached hydrogens (primary N) is 1. The topological polar surface area (TPSA) is 137 Å². The predicted molar refractivity (Wildman–Crippen MR) is 93.3 cm³/mol. The van der Waals surface area contributed by atoms with Gasteiger partial charge in [0.2, 0.25) is 10.0 Å². The van der Waals surface area contributed by atoms with E-state index in [0.717, 1.165) is 11.6 Å². The Hall–Kier alpha value is -2.98. The molecule has 0 saturated carbocycles. The number of ether oxygens (including phenoxy) is 1. The zero-order chi connectivity index (χ0) is 18.6. The van der Waals surface area contributed by atoms with Crippen molar-refractivity contribution in [3.63, 3.8) is 0 Å². The SMILES string of the molecule is COc1ccc(/C(C)=N\Nc2ccc(S(N)(=O)=O)cc2[N+](=O)[O-])cc1. The van der Waals surface area contributed by atoms with Crippen LogP contribution in [0.25, 0.3) is 0 Å². The van der Waals surface area contributed by atoms with Crippen LogP contribution < -0.4 is 15.3 Å². The second-order valence-corrected chi connectivity index (χ2v) is 6.58. The number of hydrogen-bond acceptors (Lipinski definition) is 7. The average Bonchev–Trinajstić information content (AvgIpc) is 2.58. The number of nitrogens with zero attached hydrogens (tertiary/aromatic N) is 2. The average molecular weight is 364 g/mol. The predicted octanol–water partition coefficient (Wildman–Crippen LogP) is 2.09. The van der Waals surface area contributed by atoms with E-state index in [4.69, 9.17) is 9.88 Å². The number of benzene rings is 2. The third kappa shape index (κ3) is 4.52. The number of methoxy groups -OCH3 is 1. The first-order valence-corrected chi connectivity index (χ1v) is 8.53. The zero-order valence-corrected chi connectivity index (χ0v) is 14.3. The van der Waals surface area contributed by atoms with Crippen LogP contribution in [0, 0.1) is 10.1 Å². The summed E-state index contributed by atoms with van der Waals surface area (Å²) in [6.07, 6.45) is 0. The quantitative estimate of drug-likeness (QED) is 0.457. The highest BCUT2D eigenvalue weighted by atomic mass is 32.2. The Morgan fingerprint density at radius 2 is 1.88 bits per heavy atom. The Morgan fingerprint density at radius 3 is 2.40 bits per heavy atom. The minimum atomic E-state index is -4.04. The van der Waals surface area contributed by atoms with Gasteiger partial charge in [-0.1, -0.05) is 0 Å². The summed E-state index contributed by atoms with van der Waals surface area (Å²) in [5.74, 6) is 0.693. The lowest BCUT2D eigenvalue weighted by Crippen LogP contribution is -2.12. The molecule has 0 bridgehead atoms. The lowest BCUT2D eigenvalue weighted by molar-refractivity contribution is -0.384. The summed E-state index contributed by atoms with van der Waals surface area (Å²) < 4.78 is 27.7. The van der Waals surface area contributed by atoms with Crippen LogP contribution >= 0.6 is 0 Å². The van der Waals surface area contributed by atoms with Gasteiger partial charge in [-0.25, -0.2) is 13.6 Å². The number of nitro benzene ring substituents is 1. The van der Waals surface area contributed by atoms with Gasteiger partial charge in [0.25, 0.3) is 5.69 Å². The summed E-state index contributed by atoms with van der Waals surface area (Å²) >= 11 is 0. The zero-order valence-electron chi connectivity index (χ0n) is 13.5. The molecule has 2 aromatic carbocycles. The minimum absolute atomic E-state index is 0.0465. The van der Waals surface area contributed by atoms with Crippen LogP contribution in [0.2, 0.25) is 0 Å². The summed E-state index contributed by atoms with van der Waals surface area (Å²) in [7, 11) is -2.48. The lowest BCUT2D eigenvalue weighted by Gasteiger charge is -2.06. The van der Waals surface area contributed by atoms with Crippen molar-refractivity contribution in [3.05, 3.63) is 58.1 Å². The molecule has 9 nitrogen and oxygen atoms in total. The highest BCUT2D eigenvalue weighted by molar-refractivity contribution is 7.89. The Balaban J connectivity index is 2.30. The smallest absolute Gasteiger partial charge is 0.295 e. The van der Waals surface area contributed by atoms with Gasteiger partial charge >= 0.3 is 0 Å². The van der Waals surface area contributed by atoms with Crippen LogP contribution in [0.3, 0.4) is 0 Å². The molecule has 0 aliphatic heterocycles. The summed E-state index contributed by atoms with van der Waals surface area (Å²) in [5, 5.41) is 20.2. The number of hydrazone groups is 1. The molecule has 3 N–H and O–H groups in total. The van der Waals surface area contributed by atoms with Crippen molar-refractivity contribution in [2.45, 2.75) is 11.8 Å². The van der Waals surface area contributed by atoms with E-state index in [2.05, 4.69) is 10.5 Å². The third-order valence-corrected chi connectivity index (χ3v) is 4.26. The van der Waals surface area contributed by atoms with E-state index < -0.39 is 20.6 Å². The summed E-state index contributed by atoms with van der Waals surface area (Å²) in [6.45, 7) is 1.72. The van der Waals surface area contributed by atoms with Gasteiger partial charge in [-0.2, -0.15) is 5.10 Å². The van der Waals surface area contributed by atoms with Gasteiger partial charge in [-0.3, -0.25) is 15.5 Å². The highest BCUT2D eigenvalue weighted by Crippen LogP contribution is 2.27. The van der Waals surface area contributed by atoms with Crippen molar-refractivity contribution in [2.24, 2.45) is 10.2 Å². The minimum Gasteiger partial charge on any atom is -0.497 e. The van der Waals surface area contributed by atoms with Crippen molar-refractivity contribution in [1.29, 1.82) is 0 Å². The van der Waals surface area contributed by atoms with Crippen LogP contribution in [0.5, 0.6) is 5.75 Å². The maximum atomic E-state index is 11.3. The molecule has 0 spiro atoms. The Morgan fingerprint density at radius 1 is 1.24 bits per heavy atom. The fraction of sp³-hybridized carbons (Fsp3) is 0.133. The fourth-order valence-corrected chi connectivity index (χ4v) is 2.51. The molecule has 0 radical (unpaired) electrons. The Labute approximate surface area is 144 Å². The summed E-state index contributed by atoms with van der Waals surface area (Å²) in [5.41, 5.74) is 3.54. The van der Waals surface area contributed by atoms with Crippen LogP contribution in [0.1, 0.15) is 12.5 Å². The molecule has 10 heteroatoms. The van der Waals surface area contributed by atoms with E-state index in [0.29, 0.717) is 11.5 Å². The molecule has 132 valence electrons. The van der Waals surface area contributed by atoms with E-state index in [1.165, 1.54) is 12.1 Å². The molecule has 0 saturated heterocycles. The van der Waals surface area contributed by atoms with Crippen LogP contribution in [-0.4, -0.2) is 26.2 Å². The molecule has 0 heterocycles. The van der Waals surface area contributed by atoms with Crippen molar-refractivity contribution >= 4 is 27.1 Å². The van der Waals surface area contributed by atoms with Gasteiger partial charge in [0.15, 0.2) is 0 Å². The fourth-order valence-electron chi connectivity index (χ4n) is 1.97. The number of primary sulfonamides is 1. The summed E-state index contributed by atoms with van der Waals surface area (Å²) in [4.78, 5) is 10.1. The molecule has 2 rings (SSSR count). The number of hydrogen-bond donors (Lipinski definition) is 2. The van der Waals surface area contributed by atoms with Gasteiger partial charge in [0.05, 0.1) is 22.6 Å². The number of anilines is 1. The number of nitrogens with one attached hydrogen (secondary N) is 1. The van der Waals surface area contributed by atoms with Crippen LogP contribution in [0.4, 0.5) is 11.4 Å². The first-order chi connectivity index (χ1) is 11.7. The molecular formula is C15H16N4O5S. The highest BCUT2D eigenvalue weighted by Gasteiger charge is 2.19. The normalized spacial score (nSPS) is 11.9. The van der Waals surface area contributed by atoms with Gasteiger partial charge in [0.1, 0.15) is 11.4 Å². The first-order valence-electron chi connectivity index (χ1n) is 6.98. The number of nitro groups is 1. The van der Waals surface area contributed by atoms with Gasteiger partial charge in [-0.05, 0) is 48.9 Å². The molecule has 25 heavy (non-hydrogen) atoms. The monoisotopic (exact) mass is 364 g/mol. The number of sulfonamides is 1. The standard InChI is InChI=1S/C15H16N4O5S/c1-10(11-3-5-12(24-2)6-4-11)17-18-14-8-7-13(25(16,22)23)9-15(14)19(20)21/h3-9,18H,1-2H3,(H2,16,22,23)/b17-10-. The molecule has 0 aliphatic rings. The van der Waals surface area contributed by atoms with E-state index in [1.54, 1.807) is 38.3 Å². The van der Waals surface area contributed by atoms with Crippen molar-refractivity contribution in [2.75, 3.05) is 12.5 Å². The van der Waals surface area contributed by atoms with Gasteiger partial charge in [0, 0.05) is 6.07 Å². The molecule has 0 atom stereocenters. The lowest BCUT2D eigenvalue weighted by atomic mass is 10.1. The molecular weight excluding hydrogens is 348 g/mol. The molecule has 0 amide bonds. The summed E-state index contributed by atoms with van der Waals surface area (Å²) in [6, 6.07) is 10.4. The Kier molecular flexibility index (Phi) is 5.35. The second kappa shape index (κ2) is 7.28. The van der Waals surface area contributed by atoms with Gasteiger partial charge in [-0.15, -0.1) is 0 Å². The van der Waals surface area contributed by atoms with E-state index in [9.17, 15) is 18.5 Å². The third-order valence-electron chi connectivity index (χ3n) is 3.35. The largest absolute Gasteiger partial charge is 0.497 e. The van der Waals surface area contributed by atoms with Crippen molar-refractivity contribution < 1.29 is 18.1 Å². The maximum absolute atomic E-state index is 11.3. The van der Waals surface area contributed by atoms with E-state index in [1.807, 2.05) is 0 Å².